The van der Waals surface area contributed by atoms with Crippen molar-refractivity contribution in [3.8, 4) is 0 Å². The van der Waals surface area contributed by atoms with E-state index in [2.05, 4.69) is 4.98 Å². The van der Waals surface area contributed by atoms with E-state index in [1.807, 2.05) is 31.9 Å². The van der Waals surface area contributed by atoms with Crippen LogP contribution in [0, 0.1) is 0 Å². The van der Waals surface area contributed by atoms with Crippen molar-refractivity contribution in [3.63, 3.8) is 0 Å². The Morgan fingerprint density at radius 2 is 2.00 bits per heavy atom. The molecule has 0 radical (unpaired) electrons. The monoisotopic (exact) mass is 262 g/mol. The Morgan fingerprint density at radius 3 is 2.50 bits per heavy atom. The van der Waals surface area contributed by atoms with Crippen molar-refractivity contribution in [3.05, 3.63) is 28.0 Å². The molecule has 1 heterocycles. The molecule has 16 heavy (non-hydrogen) atoms. The zero-order valence-corrected chi connectivity index (χ0v) is 11.2. The minimum absolute atomic E-state index is 0.0855. The maximum atomic E-state index is 9.24. The number of hydrogen-bond acceptors (Lipinski definition) is 3. The second-order valence-corrected chi connectivity index (χ2v) is 5.16. The Bertz CT molecular complexity index is 369. The molecule has 0 aliphatic rings. The predicted octanol–water partition coefficient (Wildman–Crippen LogP) is 2.59. The van der Waals surface area contributed by atoms with E-state index in [0.29, 0.717) is 16.9 Å². The van der Waals surface area contributed by atoms with E-state index in [0.717, 1.165) is 5.56 Å². The first-order valence-corrected chi connectivity index (χ1v) is 5.75. The van der Waals surface area contributed by atoms with Gasteiger partial charge in [0.05, 0.1) is 6.61 Å². The van der Waals surface area contributed by atoms with E-state index in [9.17, 15) is 5.11 Å². The summed E-state index contributed by atoms with van der Waals surface area (Å²) in [6.45, 7) is 4.63. The molecule has 0 saturated carbocycles. The molecule has 0 amide bonds. The molecule has 0 aliphatic heterocycles. The highest BCUT2D eigenvalue weighted by atomic mass is 35.5. The van der Waals surface area contributed by atoms with Crippen LogP contribution in [0.4, 0.5) is 0 Å². The Balaban J connectivity index is 2.81. The Hall–Kier alpha value is -0.350. The van der Waals surface area contributed by atoms with Crippen LogP contribution in [0.25, 0.3) is 0 Å². The van der Waals surface area contributed by atoms with Crippen molar-refractivity contribution >= 4 is 23.2 Å². The van der Waals surface area contributed by atoms with Gasteiger partial charge in [0.2, 0.25) is 0 Å². The number of halogens is 2. The highest BCUT2D eigenvalue weighted by Crippen LogP contribution is 2.21. The summed E-state index contributed by atoms with van der Waals surface area (Å²) in [5.41, 5.74) is 0.610. The molecule has 1 aromatic rings. The minimum Gasteiger partial charge on any atom is -0.394 e. The maximum absolute atomic E-state index is 9.24. The van der Waals surface area contributed by atoms with Crippen LogP contribution in [-0.4, -0.2) is 34.2 Å². The first-order valence-electron chi connectivity index (χ1n) is 5.00. The average molecular weight is 263 g/mol. The first kappa shape index (κ1) is 13.7. The van der Waals surface area contributed by atoms with Crippen LogP contribution in [-0.2, 0) is 6.54 Å². The summed E-state index contributed by atoms with van der Waals surface area (Å²) in [5, 5.41) is 10.0. The van der Waals surface area contributed by atoms with Crippen LogP contribution in [0.5, 0.6) is 0 Å². The van der Waals surface area contributed by atoms with Gasteiger partial charge in [-0.2, -0.15) is 0 Å². The van der Waals surface area contributed by atoms with Crippen molar-refractivity contribution in [1.82, 2.24) is 9.88 Å². The summed E-state index contributed by atoms with van der Waals surface area (Å²) in [6, 6.07) is 3.56. The normalized spacial score (nSPS) is 12.2. The van der Waals surface area contributed by atoms with Crippen molar-refractivity contribution in [2.45, 2.75) is 25.9 Å². The fourth-order valence-electron chi connectivity index (χ4n) is 1.15. The van der Waals surface area contributed by atoms with Gasteiger partial charge in [0.1, 0.15) is 10.3 Å². The van der Waals surface area contributed by atoms with Gasteiger partial charge in [-0.15, -0.1) is 0 Å². The molecular formula is C11H16Cl2N2O. The standard InChI is InChI=1S/C11H16Cl2N2O/c1-11(2,7-16)15(3)6-8-4-5-9(12)14-10(8)13/h4-5,16H,6-7H2,1-3H3. The molecule has 0 aromatic carbocycles. The smallest absolute Gasteiger partial charge is 0.135 e. The zero-order valence-electron chi connectivity index (χ0n) is 9.67. The van der Waals surface area contributed by atoms with Crippen molar-refractivity contribution in [2.75, 3.05) is 13.7 Å². The Morgan fingerprint density at radius 1 is 1.38 bits per heavy atom. The topological polar surface area (TPSA) is 36.4 Å². The van der Waals surface area contributed by atoms with Gasteiger partial charge in [-0.3, -0.25) is 4.90 Å². The largest absolute Gasteiger partial charge is 0.394 e. The van der Waals surface area contributed by atoms with Gasteiger partial charge in [-0.1, -0.05) is 29.3 Å². The molecule has 1 rings (SSSR count). The van der Waals surface area contributed by atoms with Crippen LogP contribution in [0.1, 0.15) is 19.4 Å². The number of aliphatic hydroxyl groups excluding tert-OH is 1. The van der Waals surface area contributed by atoms with Crippen molar-refractivity contribution in [1.29, 1.82) is 0 Å². The van der Waals surface area contributed by atoms with Gasteiger partial charge in [0.15, 0.2) is 0 Å². The summed E-state index contributed by atoms with van der Waals surface area (Å²) in [7, 11) is 1.93. The molecule has 5 heteroatoms. The van der Waals surface area contributed by atoms with E-state index in [4.69, 9.17) is 23.2 Å². The molecule has 90 valence electrons. The number of pyridine rings is 1. The average Bonchev–Trinajstić information content (AvgIpc) is 2.22. The van der Waals surface area contributed by atoms with E-state index in [1.165, 1.54) is 0 Å². The number of aliphatic hydroxyl groups is 1. The summed E-state index contributed by atoms with van der Waals surface area (Å²) in [4.78, 5) is 5.99. The lowest BCUT2D eigenvalue weighted by molar-refractivity contribution is 0.0733. The second-order valence-electron chi connectivity index (χ2n) is 4.41. The summed E-state index contributed by atoms with van der Waals surface area (Å²) >= 11 is 11.7. The molecule has 0 bridgehead atoms. The zero-order chi connectivity index (χ0) is 12.3. The number of hydrogen-bond donors (Lipinski definition) is 1. The molecule has 1 N–H and O–H groups in total. The number of nitrogens with zero attached hydrogens (tertiary/aromatic N) is 2. The third-order valence-corrected chi connectivity index (χ3v) is 3.26. The van der Waals surface area contributed by atoms with Crippen molar-refractivity contribution in [2.24, 2.45) is 0 Å². The molecule has 1 aromatic heterocycles. The van der Waals surface area contributed by atoms with Gasteiger partial charge in [-0.05, 0) is 27.0 Å². The SMILES string of the molecule is CN(Cc1ccc(Cl)nc1Cl)C(C)(C)CO. The molecule has 0 atom stereocenters. The Kier molecular flexibility index (Phi) is 4.56. The number of aromatic nitrogens is 1. The van der Waals surface area contributed by atoms with Crippen LogP contribution < -0.4 is 0 Å². The maximum Gasteiger partial charge on any atom is 0.135 e. The van der Waals surface area contributed by atoms with E-state index in [1.54, 1.807) is 6.07 Å². The van der Waals surface area contributed by atoms with E-state index in [-0.39, 0.29) is 12.1 Å². The molecule has 0 unspecified atom stereocenters. The lowest BCUT2D eigenvalue weighted by atomic mass is 10.0. The number of likely N-dealkylation sites (N-methyl/N-ethyl adjacent to an activating group) is 1. The molecule has 0 aliphatic carbocycles. The Labute approximate surface area is 106 Å². The van der Waals surface area contributed by atoms with Crippen LogP contribution >= 0.6 is 23.2 Å². The highest BCUT2D eigenvalue weighted by Gasteiger charge is 2.23. The quantitative estimate of drug-likeness (QED) is 0.848. The number of rotatable bonds is 4. The predicted molar refractivity (Wildman–Crippen MR) is 66.9 cm³/mol. The van der Waals surface area contributed by atoms with Crippen molar-refractivity contribution < 1.29 is 5.11 Å². The molecule has 0 fully saturated rings. The van der Waals surface area contributed by atoms with Crippen LogP contribution in [0.3, 0.4) is 0 Å². The van der Waals surface area contributed by atoms with E-state index < -0.39 is 0 Å². The lowest BCUT2D eigenvalue weighted by Gasteiger charge is -2.33. The fourth-order valence-corrected chi connectivity index (χ4v) is 1.55. The summed E-state index contributed by atoms with van der Waals surface area (Å²) < 4.78 is 0. The van der Waals surface area contributed by atoms with Gasteiger partial charge < -0.3 is 5.11 Å². The van der Waals surface area contributed by atoms with Crippen LogP contribution in [0.2, 0.25) is 10.3 Å². The third-order valence-electron chi connectivity index (χ3n) is 2.72. The minimum atomic E-state index is -0.289. The molecular weight excluding hydrogens is 247 g/mol. The second kappa shape index (κ2) is 5.32. The summed E-state index contributed by atoms with van der Waals surface area (Å²) in [5.74, 6) is 0. The highest BCUT2D eigenvalue weighted by molar-refractivity contribution is 6.32. The van der Waals surface area contributed by atoms with Gasteiger partial charge in [0.25, 0.3) is 0 Å². The van der Waals surface area contributed by atoms with Crippen LogP contribution in [0.15, 0.2) is 12.1 Å². The van der Waals surface area contributed by atoms with Gasteiger partial charge in [0, 0.05) is 17.6 Å². The fraction of sp³-hybridized carbons (Fsp3) is 0.545. The van der Waals surface area contributed by atoms with Gasteiger partial charge in [-0.25, -0.2) is 4.98 Å². The molecule has 3 nitrogen and oxygen atoms in total. The lowest BCUT2D eigenvalue weighted by Crippen LogP contribution is -2.43. The molecule has 0 saturated heterocycles. The van der Waals surface area contributed by atoms with E-state index >= 15 is 0 Å². The molecule has 0 spiro atoms. The summed E-state index contributed by atoms with van der Waals surface area (Å²) in [6.07, 6.45) is 0. The first-order chi connectivity index (χ1) is 7.36. The third kappa shape index (κ3) is 3.32. The van der Waals surface area contributed by atoms with Gasteiger partial charge >= 0.3 is 0 Å².